The molecule has 3 rings (SSSR count). The van der Waals surface area contributed by atoms with Gasteiger partial charge in [-0.1, -0.05) is 12.1 Å². The summed E-state index contributed by atoms with van der Waals surface area (Å²) in [6, 6.07) is 13.7. The number of nitriles is 1. The van der Waals surface area contributed by atoms with Crippen LogP contribution in [0, 0.1) is 18.3 Å². The van der Waals surface area contributed by atoms with Gasteiger partial charge in [0.15, 0.2) is 11.5 Å². The van der Waals surface area contributed by atoms with Gasteiger partial charge in [0, 0.05) is 0 Å². The summed E-state index contributed by atoms with van der Waals surface area (Å²) < 4.78 is 10.9. The lowest BCUT2D eigenvalue weighted by Crippen LogP contribution is -1.95. The maximum atomic E-state index is 9.56. The molecule has 0 aliphatic heterocycles. The van der Waals surface area contributed by atoms with Crippen molar-refractivity contribution < 1.29 is 9.47 Å². The van der Waals surface area contributed by atoms with E-state index in [9.17, 15) is 5.26 Å². The molecule has 0 bridgehead atoms. The molecule has 1 aromatic heterocycles. The molecule has 0 radical (unpaired) electrons. The summed E-state index contributed by atoms with van der Waals surface area (Å²) in [6.07, 6.45) is 1.78. The van der Waals surface area contributed by atoms with Crippen LogP contribution < -0.4 is 9.47 Å². The number of allylic oxidation sites excluding steroid dienone is 1. The molecule has 0 saturated heterocycles. The molecule has 0 amide bonds. The first-order chi connectivity index (χ1) is 12.1. The summed E-state index contributed by atoms with van der Waals surface area (Å²) >= 11 is 0. The van der Waals surface area contributed by atoms with Gasteiger partial charge in [-0.3, -0.25) is 0 Å². The van der Waals surface area contributed by atoms with E-state index < -0.39 is 0 Å². The Morgan fingerprint density at radius 1 is 1.24 bits per heavy atom. The van der Waals surface area contributed by atoms with Crippen LogP contribution in [0.25, 0.3) is 22.7 Å². The number of methoxy groups -OCH3 is 1. The van der Waals surface area contributed by atoms with Crippen molar-refractivity contribution in [3.05, 3.63) is 53.3 Å². The number of aromatic amines is 1. The Labute approximate surface area is 146 Å². The Morgan fingerprint density at radius 3 is 2.80 bits per heavy atom. The van der Waals surface area contributed by atoms with Crippen LogP contribution in [0.4, 0.5) is 0 Å². The standard InChI is InChI=1S/C20H19N3O2/c1-4-25-19-11-14(6-8-18(19)24-3)10-15(12-21)20-22-16-7-5-13(2)9-17(16)23-20/h5-11H,4H2,1-3H3,(H,22,23)/b15-10-. The lowest BCUT2D eigenvalue weighted by atomic mass is 10.1. The number of hydrogen-bond acceptors (Lipinski definition) is 4. The molecular weight excluding hydrogens is 314 g/mol. The molecule has 0 fully saturated rings. The highest BCUT2D eigenvalue weighted by atomic mass is 16.5. The molecule has 3 aromatic rings. The summed E-state index contributed by atoms with van der Waals surface area (Å²) in [6.45, 7) is 4.48. The monoisotopic (exact) mass is 333 g/mol. The fourth-order valence-corrected chi connectivity index (χ4v) is 2.62. The van der Waals surface area contributed by atoms with Gasteiger partial charge in [-0.15, -0.1) is 0 Å². The second kappa shape index (κ2) is 7.10. The zero-order valence-electron chi connectivity index (χ0n) is 14.5. The SMILES string of the molecule is CCOc1cc(/C=C(/C#N)c2nc3ccc(C)cc3[nH]2)ccc1OC. The molecule has 0 unspecified atom stereocenters. The van der Waals surface area contributed by atoms with E-state index in [0.717, 1.165) is 22.2 Å². The van der Waals surface area contributed by atoms with Crippen LogP contribution in [0.1, 0.15) is 23.9 Å². The van der Waals surface area contributed by atoms with E-state index in [-0.39, 0.29) is 0 Å². The van der Waals surface area contributed by atoms with Crippen molar-refractivity contribution in [1.29, 1.82) is 5.26 Å². The van der Waals surface area contributed by atoms with Crippen molar-refractivity contribution in [2.75, 3.05) is 13.7 Å². The Morgan fingerprint density at radius 2 is 2.08 bits per heavy atom. The van der Waals surface area contributed by atoms with Gasteiger partial charge in [-0.2, -0.15) is 5.26 Å². The quantitative estimate of drug-likeness (QED) is 0.705. The number of nitrogens with zero attached hydrogens (tertiary/aromatic N) is 2. The normalized spacial score (nSPS) is 11.4. The maximum Gasteiger partial charge on any atom is 0.161 e. The third-order valence-corrected chi connectivity index (χ3v) is 3.81. The van der Waals surface area contributed by atoms with E-state index in [0.29, 0.717) is 29.5 Å². The van der Waals surface area contributed by atoms with E-state index >= 15 is 0 Å². The number of ether oxygens (including phenoxy) is 2. The smallest absolute Gasteiger partial charge is 0.161 e. The van der Waals surface area contributed by atoms with Crippen molar-refractivity contribution in [3.63, 3.8) is 0 Å². The summed E-state index contributed by atoms with van der Waals surface area (Å²) in [7, 11) is 1.60. The lowest BCUT2D eigenvalue weighted by molar-refractivity contribution is 0.311. The Hall–Kier alpha value is -3.26. The highest BCUT2D eigenvalue weighted by molar-refractivity contribution is 5.90. The predicted octanol–water partition coefficient (Wildman–Crippen LogP) is 4.34. The van der Waals surface area contributed by atoms with E-state index in [1.54, 1.807) is 13.2 Å². The highest BCUT2D eigenvalue weighted by Crippen LogP contribution is 2.29. The number of rotatable bonds is 5. The van der Waals surface area contributed by atoms with Gasteiger partial charge in [0.2, 0.25) is 0 Å². The minimum atomic E-state index is 0.460. The third-order valence-electron chi connectivity index (χ3n) is 3.81. The van der Waals surface area contributed by atoms with Crippen LogP contribution in [0.5, 0.6) is 11.5 Å². The minimum absolute atomic E-state index is 0.460. The average Bonchev–Trinajstić information content (AvgIpc) is 3.03. The Kier molecular flexibility index (Phi) is 4.71. The fourth-order valence-electron chi connectivity index (χ4n) is 2.62. The number of fused-ring (bicyclic) bond motifs is 1. The van der Waals surface area contributed by atoms with Crippen molar-refractivity contribution >= 4 is 22.7 Å². The second-order valence-corrected chi connectivity index (χ2v) is 5.62. The first kappa shape index (κ1) is 16.6. The van der Waals surface area contributed by atoms with E-state index in [4.69, 9.17) is 9.47 Å². The molecule has 1 N–H and O–H groups in total. The minimum Gasteiger partial charge on any atom is -0.493 e. The Balaban J connectivity index is 2.02. The number of hydrogen-bond donors (Lipinski definition) is 1. The number of imidazole rings is 1. The number of benzene rings is 2. The molecule has 0 saturated carbocycles. The zero-order chi connectivity index (χ0) is 17.8. The predicted molar refractivity (Wildman–Crippen MR) is 98.5 cm³/mol. The summed E-state index contributed by atoms with van der Waals surface area (Å²) in [5, 5.41) is 9.56. The molecule has 1 heterocycles. The van der Waals surface area contributed by atoms with Gasteiger partial charge < -0.3 is 14.5 Å². The van der Waals surface area contributed by atoms with Crippen molar-refractivity contribution in [2.24, 2.45) is 0 Å². The largest absolute Gasteiger partial charge is 0.493 e. The van der Waals surface area contributed by atoms with Crippen LogP contribution in [0.3, 0.4) is 0 Å². The first-order valence-corrected chi connectivity index (χ1v) is 8.04. The summed E-state index contributed by atoms with van der Waals surface area (Å²) in [5.41, 5.74) is 4.20. The van der Waals surface area contributed by atoms with E-state index in [1.165, 1.54) is 0 Å². The lowest BCUT2D eigenvalue weighted by Gasteiger charge is -2.09. The van der Waals surface area contributed by atoms with Gasteiger partial charge in [0.1, 0.15) is 11.9 Å². The van der Waals surface area contributed by atoms with Crippen LogP contribution in [-0.2, 0) is 0 Å². The molecule has 0 atom stereocenters. The van der Waals surface area contributed by atoms with Gasteiger partial charge in [-0.05, 0) is 55.3 Å². The number of aromatic nitrogens is 2. The van der Waals surface area contributed by atoms with Crippen molar-refractivity contribution in [2.45, 2.75) is 13.8 Å². The van der Waals surface area contributed by atoms with Crippen LogP contribution in [0.2, 0.25) is 0 Å². The molecule has 0 spiro atoms. The summed E-state index contributed by atoms with van der Waals surface area (Å²) in [4.78, 5) is 7.72. The molecule has 2 aromatic carbocycles. The average molecular weight is 333 g/mol. The molecule has 126 valence electrons. The molecule has 25 heavy (non-hydrogen) atoms. The molecule has 0 aliphatic carbocycles. The van der Waals surface area contributed by atoms with Gasteiger partial charge in [0.05, 0.1) is 30.3 Å². The number of H-pyrrole nitrogens is 1. The fraction of sp³-hybridized carbons (Fsp3) is 0.200. The Bertz CT molecular complexity index is 980. The van der Waals surface area contributed by atoms with Crippen LogP contribution in [0.15, 0.2) is 36.4 Å². The highest BCUT2D eigenvalue weighted by Gasteiger charge is 2.10. The third kappa shape index (κ3) is 3.48. The van der Waals surface area contributed by atoms with Crippen LogP contribution >= 0.6 is 0 Å². The molecule has 0 aliphatic rings. The van der Waals surface area contributed by atoms with Crippen LogP contribution in [-0.4, -0.2) is 23.7 Å². The number of aryl methyl sites for hydroxylation is 1. The maximum absolute atomic E-state index is 9.56. The molecule has 5 heteroatoms. The van der Waals surface area contributed by atoms with E-state index in [1.807, 2.05) is 50.2 Å². The van der Waals surface area contributed by atoms with Crippen molar-refractivity contribution in [1.82, 2.24) is 9.97 Å². The number of nitrogens with one attached hydrogen (secondary N) is 1. The summed E-state index contributed by atoms with van der Waals surface area (Å²) in [5.74, 6) is 1.87. The first-order valence-electron chi connectivity index (χ1n) is 8.04. The van der Waals surface area contributed by atoms with Crippen molar-refractivity contribution in [3.8, 4) is 17.6 Å². The van der Waals surface area contributed by atoms with Gasteiger partial charge in [-0.25, -0.2) is 4.98 Å². The van der Waals surface area contributed by atoms with E-state index in [2.05, 4.69) is 16.0 Å². The van der Waals surface area contributed by atoms with Gasteiger partial charge in [0.25, 0.3) is 0 Å². The molecule has 5 nitrogen and oxygen atoms in total. The topological polar surface area (TPSA) is 70.9 Å². The zero-order valence-corrected chi connectivity index (χ0v) is 14.5. The van der Waals surface area contributed by atoms with Gasteiger partial charge >= 0.3 is 0 Å². The molecular formula is C20H19N3O2. The second-order valence-electron chi connectivity index (χ2n) is 5.62.